The van der Waals surface area contributed by atoms with Gasteiger partial charge in [-0.3, -0.25) is 0 Å². The number of nitrogens with one attached hydrogen (secondary N) is 1. The number of aromatic nitrogens is 2. The van der Waals surface area contributed by atoms with Gasteiger partial charge in [-0.15, -0.1) is 11.8 Å². The van der Waals surface area contributed by atoms with E-state index in [9.17, 15) is 0 Å². The van der Waals surface area contributed by atoms with E-state index in [-0.39, 0.29) is 0 Å². The molecule has 1 aromatic rings. The van der Waals surface area contributed by atoms with Crippen molar-refractivity contribution in [3.05, 3.63) is 6.07 Å². The maximum absolute atomic E-state index is 4.45. The molecular formula is C10H17N3S2. The lowest BCUT2D eigenvalue weighted by atomic mass is 10.5. The van der Waals surface area contributed by atoms with E-state index in [4.69, 9.17) is 0 Å². The van der Waals surface area contributed by atoms with Crippen molar-refractivity contribution >= 4 is 29.3 Å². The first kappa shape index (κ1) is 12.6. The lowest BCUT2D eigenvalue weighted by molar-refractivity contribution is 0.888. The van der Waals surface area contributed by atoms with Crippen molar-refractivity contribution in [3.8, 4) is 0 Å². The molecule has 0 radical (unpaired) electrons. The largest absolute Gasteiger partial charge is 0.370 e. The summed E-state index contributed by atoms with van der Waals surface area (Å²) < 4.78 is 0. The quantitative estimate of drug-likeness (QED) is 0.488. The molecule has 1 aromatic heterocycles. The Labute approximate surface area is 99.9 Å². The molecule has 1 N–H and O–H groups in total. The van der Waals surface area contributed by atoms with Crippen LogP contribution in [0.4, 0.5) is 5.82 Å². The minimum atomic E-state index is 0.545. The van der Waals surface area contributed by atoms with E-state index in [2.05, 4.69) is 36.1 Å². The van der Waals surface area contributed by atoms with Gasteiger partial charge in [0, 0.05) is 17.9 Å². The van der Waals surface area contributed by atoms with Gasteiger partial charge in [0.1, 0.15) is 10.8 Å². The van der Waals surface area contributed by atoms with Crippen molar-refractivity contribution in [1.29, 1.82) is 0 Å². The summed E-state index contributed by atoms with van der Waals surface area (Å²) >= 11 is 3.34. The van der Waals surface area contributed by atoms with Crippen molar-refractivity contribution < 1.29 is 0 Å². The first-order valence-electron chi connectivity index (χ1n) is 4.99. The molecule has 0 amide bonds. The summed E-state index contributed by atoms with van der Waals surface area (Å²) in [5, 5.41) is 5.64. The number of rotatable bonds is 5. The van der Waals surface area contributed by atoms with Crippen LogP contribution in [0.3, 0.4) is 0 Å². The summed E-state index contributed by atoms with van der Waals surface area (Å²) in [6, 6.07) is 2.01. The zero-order valence-corrected chi connectivity index (χ0v) is 11.2. The van der Waals surface area contributed by atoms with Crippen molar-refractivity contribution in [2.45, 2.75) is 36.2 Å². The summed E-state index contributed by atoms with van der Waals surface area (Å²) in [4.78, 5) is 8.83. The fourth-order valence-corrected chi connectivity index (χ4v) is 2.31. The average Bonchev–Trinajstić information content (AvgIpc) is 2.16. The lowest BCUT2D eigenvalue weighted by Gasteiger charge is -2.08. The van der Waals surface area contributed by atoms with Crippen LogP contribution in [0.1, 0.15) is 20.8 Å². The highest BCUT2D eigenvalue weighted by Crippen LogP contribution is 2.24. The van der Waals surface area contributed by atoms with Crippen molar-refractivity contribution in [3.63, 3.8) is 0 Å². The molecule has 0 unspecified atom stereocenters. The van der Waals surface area contributed by atoms with Crippen LogP contribution in [0.2, 0.25) is 0 Å². The Hall–Kier alpha value is -0.420. The Morgan fingerprint density at radius 3 is 2.67 bits per heavy atom. The average molecular weight is 243 g/mol. The van der Waals surface area contributed by atoms with Crippen LogP contribution in [-0.4, -0.2) is 28.0 Å². The molecule has 1 heterocycles. The van der Waals surface area contributed by atoms with Crippen LogP contribution in [0.25, 0.3) is 0 Å². The standard InChI is InChI=1S/C10H17N3S2/c1-5-11-8-6-9(15-7(2)3)13-10(12-8)14-4/h6-7H,5H2,1-4H3,(H,11,12,13). The molecule has 84 valence electrons. The van der Waals surface area contributed by atoms with Gasteiger partial charge in [-0.25, -0.2) is 9.97 Å². The first-order valence-corrected chi connectivity index (χ1v) is 7.09. The van der Waals surface area contributed by atoms with Crippen LogP contribution in [0.15, 0.2) is 16.2 Å². The second kappa shape index (κ2) is 6.23. The number of hydrogen-bond acceptors (Lipinski definition) is 5. The fourth-order valence-electron chi connectivity index (χ4n) is 1.07. The Balaban J connectivity index is 2.89. The third kappa shape index (κ3) is 4.30. The van der Waals surface area contributed by atoms with E-state index in [1.165, 1.54) is 0 Å². The zero-order chi connectivity index (χ0) is 11.3. The molecule has 0 aromatic carbocycles. The predicted molar refractivity (Wildman–Crippen MR) is 69.0 cm³/mol. The molecule has 0 fully saturated rings. The number of thioether (sulfide) groups is 2. The highest BCUT2D eigenvalue weighted by molar-refractivity contribution is 8.00. The minimum absolute atomic E-state index is 0.545. The topological polar surface area (TPSA) is 37.8 Å². The molecule has 0 aliphatic heterocycles. The highest BCUT2D eigenvalue weighted by Gasteiger charge is 2.05. The van der Waals surface area contributed by atoms with Crippen molar-refractivity contribution in [2.75, 3.05) is 18.1 Å². The Morgan fingerprint density at radius 1 is 1.40 bits per heavy atom. The smallest absolute Gasteiger partial charge is 0.190 e. The molecular weight excluding hydrogens is 226 g/mol. The predicted octanol–water partition coefficient (Wildman–Crippen LogP) is 3.13. The van der Waals surface area contributed by atoms with Crippen LogP contribution >= 0.6 is 23.5 Å². The molecule has 0 bridgehead atoms. The van der Waals surface area contributed by atoms with Gasteiger partial charge in [0.2, 0.25) is 0 Å². The molecule has 5 heteroatoms. The van der Waals surface area contributed by atoms with Crippen LogP contribution < -0.4 is 5.32 Å². The summed E-state index contributed by atoms with van der Waals surface area (Å²) in [7, 11) is 0. The van der Waals surface area contributed by atoms with E-state index in [0.29, 0.717) is 5.25 Å². The normalized spacial score (nSPS) is 10.7. The second-order valence-corrected chi connectivity index (χ2v) is 5.65. The van der Waals surface area contributed by atoms with Crippen LogP contribution in [0, 0.1) is 0 Å². The molecule has 0 aliphatic rings. The Morgan fingerprint density at radius 2 is 2.13 bits per heavy atom. The summed E-state index contributed by atoms with van der Waals surface area (Å²) in [5.41, 5.74) is 0. The highest BCUT2D eigenvalue weighted by atomic mass is 32.2. The molecule has 15 heavy (non-hydrogen) atoms. The van der Waals surface area contributed by atoms with E-state index in [1.54, 1.807) is 23.5 Å². The SMILES string of the molecule is CCNc1cc(SC(C)C)nc(SC)n1. The van der Waals surface area contributed by atoms with Gasteiger partial charge >= 0.3 is 0 Å². The molecule has 0 aliphatic carbocycles. The van der Waals surface area contributed by atoms with Gasteiger partial charge in [0.25, 0.3) is 0 Å². The molecule has 1 rings (SSSR count). The monoisotopic (exact) mass is 243 g/mol. The third-order valence-corrected chi connectivity index (χ3v) is 3.05. The van der Waals surface area contributed by atoms with Gasteiger partial charge in [0.05, 0.1) is 0 Å². The minimum Gasteiger partial charge on any atom is -0.370 e. The summed E-state index contributed by atoms with van der Waals surface area (Å²) in [5.74, 6) is 0.917. The fraction of sp³-hybridized carbons (Fsp3) is 0.600. The van der Waals surface area contributed by atoms with Gasteiger partial charge in [0.15, 0.2) is 5.16 Å². The molecule has 0 atom stereocenters. The Kier molecular flexibility index (Phi) is 5.25. The third-order valence-electron chi connectivity index (χ3n) is 1.58. The van der Waals surface area contributed by atoms with Gasteiger partial charge < -0.3 is 5.32 Å². The zero-order valence-electron chi connectivity index (χ0n) is 9.57. The number of hydrogen-bond donors (Lipinski definition) is 1. The molecule has 0 saturated heterocycles. The second-order valence-electron chi connectivity index (χ2n) is 3.28. The van der Waals surface area contributed by atoms with Gasteiger partial charge in [-0.1, -0.05) is 25.6 Å². The Bertz CT molecular complexity index is 316. The maximum atomic E-state index is 4.45. The molecule has 0 saturated carbocycles. The van der Waals surface area contributed by atoms with Crippen LogP contribution in [-0.2, 0) is 0 Å². The van der Waals surface area contributed by atoms with Crippen molar-refractivity contribution in [2.24, 2.45) is 0 Å². The van der Waals surface area contributed by atoms with Crippen LogP contribution in [0.5, 0.6) is 0 Å². The lowest BCUT2D eigenvalue weighted by Crippen LogP contribution is -2.02. The van der Waals surface area contributed by atoms with Crippen molar-refractivity contribution in [1.82, 2.24) is 9.97 Å². The van der Waals surface area contributed by atoms with E-state index in [0.717, 1.165) is 22.5 Å². The van der Waals surface area contributed by atoms with E-state index < -0.39 is 0 Å². The van der Waals surface area contributed by atoms with E-state index >= 15 is 0 Å². The molecule has 0 spiro atoms. The summed E-state index contributed by atoms with van der Waals surface area (Å²) in [6.07, 6.45) is 1.99. The van der Waals surface area contributed by atoms with E-state index in [1.807, 2.05) is 12.3 Å². The van der Waals surface area contributed by atoms with Gasteiger partial charge in [-0.2, -0.15) is 0 Å². The summed E-state index contributed by atoms with van der Waals surface area (Å²) in [6.45, 7) is 7.28. The first-order chi connectivity index (χ1) is 7.15. The number of nitrogens with zero attached hydrogens (tertiary/aromatic N) is 2. The number of anilines is 1. The maximum Gasteiger partial charge on any atom is 0.190 e. The molecule has 3 nitrogen and oxygen atoms in total. The van der Waals surface area contributed by atoms with Gasteiger partial charge in [-0.05, 0) is 13.2 Å².